The maximum absolute atomic E-state index is 11.6. The smallest absolute Gasteiger partial charge is 0.236 e. The summed E-state index contributed by atoms with van der Waals surface area (Å²) in [5.74, 6) is 0.143. The van der Waals surface area contributed by atoms with Crippen molar-refractivity contribution in [3.8, 4) is 0 Å². The Bertz CT molecular complexity index is 213. The number of nitrogens with one attached hydrogen (secondary N) is 1. The van der Waals surface area contributed by atoms with Gasteiger partial charge in [0.25, 0.3) is 0 Å². The van der Waals surface area contributed by atoms with Crippen molar-refractivity contribution in [3.05, 3.63) is 12.2 Å². The minimum Gasteiger partial charge on any atom is -0.376 e. The number of likely N-dealkylation sites (N-methyl/N-ethyl adjacent to an activating group) is 1. The SMILES string of the molecule is C=C(C)COCCNCC(=O)N(CC)CC. The summed E-state index contributed by atoms with van der Waals surface area (Å²) in [7, 11) is 0. The van der Waals surface area contributed by atoms with Gasteiger partial charge in [-0.05, 0) is 20.8 Å². The molecule has 0 saturated carbocycles. The summed E-state index contributed by atoms with van der Waals surface area (Å²) in [6, 6.07) is 0. The molecule has 0 saturated heterocycles. The van der Waals surface area contributed by atoms with E-state index in [1.54, 1.807) is 0 Å². The van der Waals surface area contributed by atoms with Crippen LogP contribution in [0.1, 0.15) is 20.8 Å². The highest BCUT2D eigenvalue weighted by Crippen LogP contribution is 1.88. The molecule has 0 radical (unpaired) electrons. The summed E-state index contributed by atoms with van der Waals surface area (Å²) in [5.41, 5.74) is 1.01. The van der Waals surface area contributed by atoms with Crippen molar-refractivity contribution in [1.29, 1.82) is 0 Å². The first-order valence-electron chi connectivity index (χ1n) is 5.82. The maximum Gasteiger partial charge on any atom is 0.236 e. The zero-order chi connectivity index (χ0) is 12.4. The van der Waals surface area contributed by atoms with Crippen LogP contribution in [-0.4, -0.2) is 50.2 Å². The van der Waals surface area contributed by atoms with Crippen LogP contribution >= 0.6 is 0 Å². The third kappa shape index (κ3) is 7.43. The lowest BCUT2D eigenvalue weighted by Crippen LogP contribution is -2.38. The van der Waals surface area contributed by atoms with Crippen LogP contribution in [0.25, 0.3) is 0 Å². The molecule has 4 nitrogen and oxygen atoms in total. The molecule has 0 heterocycles. The third-order valence-electron chi connectivity index (χ3n) is 2.16. The molecule has 1 N–H and O–H groups in total. The van der Waals surface area contributed by atoms with E-state index in [-0.39, 0.29) is 5.91 Å². The van der Waals surface area contributed by atoms with Gasteiger partial charge < -0.3 is 15.0 Å². The summed E-state index contributed by atoms with van der Waals surface area (Å²) in [4.78, 5) is 13.4. The van der Waals surface area contributed by atoms with Crippen molar-refractivity contribution >= 4 is 5.91 Å². The lowest BCUT2D eigenvalue weighted by Gasteiger charge is -2.18. The number of carbonyl (C=O) groups excluding carboxylic acids is 1. The highest BCUT2D eigenvalue weighted by atomic mass is 16.5. The normalized spacial score (nSPS) is 10.2. The van der Waals surface area contributed by atoms with E-state index in [0.717, 1.165) is 18.7 Å². The Morgan fingerprint density at radius 2 is 2.00 bits per heavy atom. The second-order valence-electron chi connectivity index (χ2n) is 3.75. The molecule has 0 aromatic carbocycles. The Labute approximate surface area is 98.6 Å². The second-order valence-corrected chi connectivity index (χ2v) is 3.75. The van der Waals surface area contributed by atoms with Crippen LogP contribution in [0.4, 0.5) is 0 Å². The molecule has 0 bridgehead atoms. The van der Waals surface area contributed by atoms with Gasteiger partial charge in [-0.25, -0.2) is 0 Å². The lowest BCUT2D eigenvalue weighted by molar-refractivity contribution is -0.129. The van der Waals surface area contributed by atoms with Crippen molar-refractivity contribution in [2.75, 3.05) is 39.4 Å². The maximum atomic E-state index is 11.6. The van der Waals surface area contributed by atoms with Crippen molar-refractivity contribution in [3.63, 3.8) is 0 Å². The summed E-state index contributed by atoms with van der Waals surface area (Å²) < 4.78 is 5.30. The van der Waals surface area contributed by atoms with Gasteiger partial charge in [0.1, 0.15) is 0 Å². The third-order valence-corrected chi connectivity index (χ3v) is 2.16. The fourth-order valence-corrected chi connectivity index (χ4v) is 1.27. The molecular weight excluding hydrogens is 204 g/mol. The van der Waals surface area contributed by atoms with Crippen molar-refractivity contribution in [1.82, 2.24) is 10.2 Å². The topological polar surface area (TPSA) is 41.6 Å². The molecule has 0 fully saturated rings. The van der Waals surface area contributed by atoms with Gasteiger partial charge in [-0.3, -0.25) is 4.79 Å². The molecular formula is C12H24N2O2. The Kier molecular flexibility index (Phi) is 8.85. The van der Waals surface area contributed by atoms with E-state index in [9.17, 15) is 4.79 Å². The summed E-state index contributed by atoms with van der Waals surface area (Å²) in [6.45, 7) is 13.4. The van der Waals surface area contributed by atoms with E-state index in [1.165, 1.54) is 0 Å². The van der Waals surface area contributed by atoms with Gasteiger partial charge in [0.15, 0.2) is 0 Å². The molecule has 0 aliphatic rings. The summed E-state index contributed by atoms with van der Waals surface area (Å²) in [5, 5.41) is 3.06. The van der Waals surface area contributed by atoms with Gasteiger partial charge >= 0.3 is 0 Å². The van der Waals surface area contributed by atoms with Gasteiger partial charge in [0.2, 0.25) is 5.91 Å². The molecule has 94 valence electrons. The fraction of sp³-hybridized carbons (Fsp3) is 0.750. The zero-order valence-electron chi connectivity index (χ0n) is 10.7. The first-order valence-corrected chi connectivity index (χ1v) is 5.82. The van der Waals surface area contributed by atoms with Gasteiger partial charge in [-0.2, -0.15) is 0 Å². The molecule has 0 spiro atoms. The minimum atomic E-state index is 0.143. The summed E-state index contributed by atoms with van der Waals surface area (Å²) in [6.07, 6.45) is 0. The average Bonchev–Trinajstić information content (AvgIpc) is 2.24. The molecule has 16 heavy (non-hydrogen) atoms. The Morgan fingerprint density at radius 1 is 1.38 bits per heavy atom. The fourth-order valence-electron chi connectivity index (χ4n) is 1.27. The molecule has 0 unspecified atom stereocenters. The van der Waals surface area contributed by atoms with Gasteiger partial charge in [0, 0.05) is 19.6 Å². The average molecular weight is 228 g/mol. The van der Waals surface area contributed by atoms with Crippen LogP contribution in [-0.2, 0) is 9.53 Å². The molecule has 0 rings (SSSR count). The predicted octanol–water partition coefficient (Wildman–Crippen LogP) is 1.04. The highest BCUT2D eigenvalue weighted by molar-refractivity contribution is 5.78. The van der Waals surface area contributed by atoms with Gasteiger partial charge in [-0.1, -0.05) is 12.2 Å². The zero-order valence-corrected chi connectivity index (χ0v) is 10.7. The molecule has 0 aromatic rings. The van der Waals surface area contributed by atoms with E-state index in [1.807, 2.05) is 25.7 Å². The first-order chi connectivity index (χ1) is 7.61. The first kappa shape index (κ1) is 15.1. The Balaban J connectivity index is 3.44. The van der Waals surface area contributed by atoms with E-state index < -0.39 is 0 Å². The van der Waals surface area contributed by atoms with Crippen LogP contribution in [0.2, 0.25) is 0 Å². The standard InChI is InChI=1S/C12H24N2O2/c1-5-14(6-2)12(15)9-13-7-8-16-10-11(3)4/h13H,3,5-10H2,1-2,4H3. The quantitative estimate of drug-likeness (QED) is 0.473. The number of hydrogen-bond acceptors (Lipinski definition) is 3. The van der Waals surface area contributed by atoms with Gasteiger partial charge in [-0.15, -0.1) is 0 Å². The molecule has 0 aromatic heterocycles. The molecule has 4 heteroatoms. The van der Waals surface area contributed by atoms with E-state index in [0.29, 0.717) is 26.3 Å². The number of amides is 1. The van der Waals surface area contributed by atoms with E-state index >= 15 is 0 Å². The van der Waals surface area contributed by atoms with Gasteiger partial charge in [0.05, 0.1) is 19.8 Å². The van der Waals surface area contributed by atoms with Crippen molar-refractivity contribution in [2.45, 2.75) is 20.8 Å². The van der Waals surface area contributed by atoms with Crippen LogP contribution in [0.3, 0.4) is 0 Å². The van der Waals surface area contributed by atoms with Crippen LogP contribution < -0.4 is 5.32 Å². The second kappa shape index (κ2) is 9.36. The monoisotopic (exact) mass is 228 g/mol. The predicted molar refractivity (Wildman–Crippen MR) is 66.4 cm³/mol. The number of rotatable bonds is 9. The molecule has 0 aliphatic carbocycles. The van der Waals surface area contributed by atoms with E-state index in [2.05, 4.69) is 11.9 Å². The number of nitrogens with zero attached hydrogens (tertiary/aromatic N) is 1. The van der Waals surface area contributed by atoms with Crippen LogP contribution in [0.5, 0.6) is 0 Å². The Morgan fingerprint density at radius 3 is 2.50 bits per heavy atom. The minimum absolute atomic E-state index is 0.143. The highest BCUT2D eigenvalue weighted by Gasteiger charge is 2.07. The molecule has 1 amide bonds. The van der Waals surface area contributed by atoms with Crippen molar-refractivity contribution < 1.29 is 9.53 Å². The van der Waals surface area contributed by atoms with Crippen LogP contribution in [0.15, 0.2) is 12.2 Å². The van der Waals surface area contributed by atoms with E-state index in [4.69, 9.17) is 4.74 Å². The van der Waals surface area contributed by atoms with Crippen LogP contribution in [0, 0.1) is 0 Å². The molecule has 0 aliphatic heterocycles. The number of carbonyl (C=O) groups is 1. The Hall–Kier alpha value is -0.870. The number of hydrogen-bond donors (Lipinski definition) is 1. The largest absolute Gasteiger partial charge is 0.376 e. The van der Waals surface area contributed by atoms with Crippen molar-refractivity contribution in [2.24, 2.45) is 0 Å². The number of ether oxygens (including phenoxy) is 1. The summed E-state index contributed by atoms with van der Waals surface area (Å²) >= 11 is 0. The molecule has 0 atom stereocenters. The lowest BCUT2D eigenvalue weighted by atomic mass is 10.4.